The van der Waals surface area contributed by atoms with Crippen molar-refractivity contribution in [3.63, 3.8) is 0 Å². The lowest BCUT2D eigenvalue weighted by atomic mass is 10.00. The lowest BCUT2D eigenvalue weighted by molar-refractivity contribution is 0.441. The zero-order valence-electron chi connectivity index (χ0n) is 12.4. The fourth-order valence-corrected chi connectivity index (χ4v) is 2.32. The van der Waals surface area contributed by atoms with E-state index in [4.69, 9.17) is 6.42 Å². The molecule has 112 valence electrons. The first-order valence-electron chi connectivity index (χ1n) is 7.06. The standard InChI is InChI=1S/C17H21N3.HI/c1-3-12-19-17(18-4-2)20-13-10-16(11-14-20)15-8-6-5-7-9-15;/h1,5-10H,4,11-14H2,2H3,(H,18,19);1H. The average Bonchev–Trinajstić information content (AvgIpc) is 2.52. The van der Waals surface area contributed by atoms with Crippen LogP contribution in [0, 0.1) is 12.3 Å². The minimum absolute atomic E-state index is 0. The maximum atomic E-state index is 5.29. The molecule has 1 aliphatic rings. The lowest BCUT2D eigenvalue weighted by Crippen LogP contribution is -2.43. The largest absolute Gasteiger partial charge is 0.356 e. The Morgan fingerprint density at radius 2 is 2.14 bits per heavy atom. The summed E-state index contributed by atoms with van der Waals surface area (Å²) in [7, 11) is 0. The third-order valence-corrected chi connectivity index (χ3v) is 3.31. The highest BCUT2D eigenvalue weighted by molar-refractivity contribution is 14.0. The summed E-state index contributed by atoms with van der Waals surface area (Å²) in [6, 6.07) is 10.6. The minimum Gasteiger partial charge on any atom is -0.356 e. The minimum atomic E-state index is 0. The van der Waals surface area contributed by atoms with Crippen molar-refractivity contribution in [2.75, 3.05) is 26.2 Å². The smallest absolute Gasteiger partial charge is 0.195 e. The van der Waals surface area contributed by atoms with Crippen LogP contribution in [-0.4, -0.2) is 37.0 Å². The zero-order chi connectivity index (χ0) is 14.2. The third-order valence-electron chi connectivity index (χ3n) is 3.31. The molecule has 0 atom stereocenters. The number of terminal acetylenes is 1. The van der Waals surface area contributed by atoms with Crippen LogP contribution in [0.2, 0.25) is 0 Å². The van der Waals surface area contributed by atoms with Crippen molar-refractivity contribution in [2.24, 2.45) is 4.99 Å². The number of benzene rings is 1. The molecule has 1 heterocycles. The van der Waals surface area contributed by atoms with Gasteiger partial charge in [-0.3, -0.25) is 0 Å². The van der Waals surface area contributed by atoms with Gasteiger partial charge in [0.05, 0.1) is 0 Å². The summed E-state index contributed by atoms with van der Waals surface area (Å²) in [5.41, 5.74) is 2.73. The molecule has 0 saturated heterocycles. The summed E-state index contributed by atoms with van der Waals surface area (Å²) >= 11 is 0. The van der Waals surface area contributed by atoms with Gasteiger partial charge in [0, 0.05) is 19.6 Å². The van der Waals surface area contributed by atoms with Gasteiger partial charge in [0.2, 0.25) is 0 Å². The maximum absolute atomic E-state index is 5.29. The van der Waals surface area contributed by atoms with Crippen LogP contribution in [0.15, 0.2) is 41.4 Å². The third kappa shape index (κ3) is 5.09. The van der Waals surface area contributed by atoms with Gasteiger partial charge >= 0.3 is 0 Å². The van der Waals surface area contributed by atoms with Gasteiger partial charge in [-0.15, -0.1) is 30.4 Å². The fourth-order valence-electron chi connectivity index (χ4n) is 2.32. The summed E-state index contributed by atoms with van der Waals surface area (Å²) in [6.45, 7) is 5.20. The predicted molar refractivity (Wildman–Crippen MR) is 101 cm³/mol. The van der Waals surface area contributed by atoms with Crippen LogP contribution in [0.1, 0.15) is 18.9 Å². The number of rotatable bonds is 3. The molecule has 0 saturated carbocycles. The normalized spacial score (nSPS) is 14.8. The van der Waals surface area contributed by atoms with Crippen LogP contribution in [0.5, 0.6) is 0 Å². The second-order valence-corrected chi connectivity index (χ2v) is 4.67. The highest BCUT2D eigenvalue weighted by atomic mass is 127. The molecule has 4 heteroatoms. The van der Waals surface area contributed by atoms with Crippen molar-refractivity contribution in [1.29, 1.82) is 0 Å². The van der Waals surface area contributed by atoms with Crippen LogP contribution in [-0.2, 0) is 0 Å². The molecule has 2 rings (SSSR count). The van der Waals surface area contributed by atoms with Gasteiger partial charge in [-0.25, -0.2) is 4.99 Å². The van der Waals surface area contributed by atoms with Gasteiger partial charge in [0.25, 0.3) is 0 Å². The van der Waals surface area contributed by atoms with Gasteiger partial charge in [-0.2, -0.15) is 0 Å². The Labute approximate surface area is 144 Å². The average molecular weight is 395 g/mol. The molecule has 0 radical (unpaired) electrons. The lowest BCUT2D eigenvalue weighted by Gasteiger charge is -2.29. The molecular weight excluding hydrogens is 373 g/mol. The van der Waals surface area contributed by atoms with Crippen LogP contribution < -0.4 is 5.32 Å². The molecule has 1 aromatic carbocycles. The molecule has 1 N–H and O–H groups in total. The van der Waals surface area contributed by atoms with E-state index in [0.29, 0.717) is 6.54 Å². The Hall–Kier alpha value is -1.48. The molecule has 0 spiro atoms. The SMILES string of the molecule is C#CCN=C(NCC)N1CC=C(c2ccccc2)CC1.I. The van der Waals surface area contributed by atoms with Crippen molar-refractivity contribution in [1.82, 2.24) is 10.2 Å². The first kappa shape index (κ1) is 17.6. The quantitative estimate of drug-likeness (QED) is 0.369. The van der Waals surface area contributed by atoms with E-state index in [0.717, 1.165) is 32.0 Å². The molecule has 1 aromatic rings. The maximum Gasteiger partial charge on any atom is 0.195 e. The molecule has 0 amide bonds. The fraction of sp³-hybridized carbons (Fsp3) is 0.353. The summed E-state index contributed by atoms with van der Waals surface area (Å²) in [5.74, 6) is 3.47. The zero-order valence-corrected chi connectivity index (χ0v) is 14.7. The highest BCUT2D eigenvalue weighted by Gasteiger charge is 2.15. The van der Waals surface area contributed by atoms with Crippen molar-refractivity contribution < 1.29 is 0 Å². The first-order chi connectivity index (χ1) is 9.85. The number of aliphatic imine (C=N–C) groups is 1. The molecule has 0 unspecified atom stereocenters. The van der Waals surface area contributed by atoms with E-state index in [-0.39, 0.29) is 24.0 Å². The molecule has 0 bridgehead atoms. The predicted octanol–water partition coefficient (Wildman–Crippen LogP) is 2.99. The number of nitrogens with one attached hydrogen (secondary N) is 1. The molecule has 1 aliphatic heterocycles. The Morgan fingerprint density at radius 1 is 1.38 bits per heavy atom. The molecule has 3 nitrogen and oxygen atoms in total. The van der Waals surface area contributed by atoms with E-state index in [1.165, 1.54) is 11.1 Å². The highest BCUT2D eigenvalue weighted by Crippen LogP contribution is 2.21. The van der Waals surface area contributed by atoms with Gasteiger partial charge in [0.15, 0.2) is 5.96 Å². The van der Waals surface area contributed by atoms with E-state index >= 15 is 0 Å². The summed E-state index contributed by atoms with van der Waals surface area (Å²) in [6.07, 6.45) is 8.60. The van der Waals surface area contributed by atoms with Gasteiger partial charge < -0.3 is 10.2 Å². The number of hydrogen-bond donors (Lipinski definition) is 1. The van der Waals surface area contributed by atoms with Gasteiger partial charge in [-0.05, 0) is 24.5 Å². The van der Waals surface area contributed by atoms with E-state index in [2.05, 4.69) is 64.5 Å². The van der Waals surface area contributed by atoms with Crippen LogP contribution in [0.3, 0.4) is 0 Å². The van der Waals surface area contributed by atoms with E-state index in [1.54, 1.807) is 0 Å². The second-order valence-electron chi connectivity index (χ2n) is 4.67. The number of hydrogen-bond acceptors (Lipinski definition) is 1. The van der Waals surface area contributed by atoms with E-state index in [9.17, 15) is 0 Å². The van der Waals surface area contributed by atoms with Crippen LogP contribution in [0.4, 0.5) is 0 Å². The number of nitrogens with zero attached hydrogens (tertiary/aromatic N) is 2. The first-order valence-corrected chi connectivity index (χ1v) is 7.06. The van der Waals surface area contributed by atoms with Crippen molar-refractivity contribution in [3.05, 3.63) is 42.0 Å². The molecule has 21 heavy (non-hydrogen) atoms. The summed E-state index contributed by atoms with van der Waals surface area (Å²) in [5, 5.41) is 3.29. The van der Waals surface area contributed by atoms with Crippen LogP contribution in [0.25, 0.3) is 5.57 Å². The second kappa shape index (κ2) is 9.46. The van der Waals surface area contributed by atoms with Crippen molar-refractivity contribution in [2.45, 2.75) is 13.3 Å². The van der Waals surface area contributed by atoms with Gasteiger partial charge in [-0.1, -0.05) is 42.3 Å². The monoisotopic (exact) mass is 395 g/mol. The van der Waals surface area contributed by atoms with E-state index in [1.807, 2.05) is 0 Å². The number of guanidine groups is 1. The Bertz CT molecular complexity index is 529. The Morgan fingerprint density at radius 3 is 2.71 bits per heavy atom. The topological polar surface area (TPSA) is 27.6 Å². The van der Waals surface area contributed by atoms with Crippen molar-refractivity contribution >= 4 is 35.5 Å². The van der Waals surface area contributed by atoms with Gasteiger partial charge in [0.1, 0.15) is 6.54 Å². The molecular formula is C17H22IN3. The summed E-state index contributed by atoms with van der Waals surface area (Å²) < 4.78 is 0. The van der Waals surface area contributed by atoms with Crippen molar-refractivity contribution in [3.8, 4) is 12.3 Å². The van der Waals surface area contributed by atoms with E-state index < -0.39 is 0 Å². The molecule has 0 aromatic heterocycles. The number of halogens is 1. The summed E-state index contributed by atoms with van der Waals surface area (Å²) in [4.78, 5) is 6.66. The van der Waals surface area contributed by atoms with Crippen LogP contribution >= 0.6 is 24.0 Å². The Kier molecular flexibility index (Phi) is 7.91. The molecule has 0 aliphatic carbocycles. The Balaban J connectivity index is 0.00000220. The molecule has 0 fully saturated rings.